The number of hydrogen-bond acceptors (Lipinski definition) is 5. The summed E-state index contributed by atoms with van der Waals surface area (Å²) in [6, 6.07) is 11.5. The number of aryl methyl sites for hydroxylation is 1. The van der Waals surface area contributed by atoms with Crippen LogP contribution in [-0.2, 0) is 4.79 Å². The van der Waals surface area contributed by atoms with Crippen LogP contribution in [0.25, 0.3) is 5.69 Å². The van der Waals surface area contributed by atoms with Crippen LogP contribution in [0.1, 0.15) is 5.56 Å². The first-order chi connectivity index (χ1) is 11.2. The zero-order chi connectivity index (χ0) is 16.1. The molecule has 1 N–H and O–H groups in total. The molecule has 2 heterocycles. The molecular weight excluding hydrogens is 310 g/mol. The van der Waals surface area contributed by atoms with Crippen LogP contribution >= 0.6 is 11.8 Å². The molecule has 1 amide bonds. The highest BCUT2D eigenvalue weighted by Gasteiger charge is 2.10. The predicted octanol–water partition coefficient (Wildman–Crippen LogP) is 2.70. The van der Waals surface area contributed by atoms with E-state index in [1.165, 1.54) is 17.3 Å². The fourth-order valence-electron chi connectivity index (χ4n) is 1.97. The van der Waals surface area contributed by atoms with Crippen LogP contribution in [0.15, 0.2) is 60.3 Å². The van der Waals surface area contributed by atoms with Crippen molar-refractivity contribution >= 4 is 23.4 Å². The quantitative estimate of drug-likeness (QED) is 0.730. The Bertz CT molecular complexity index is 786. The van der Waals surface area contributed by atoms with Gasteiger partial charge in [0.05, 0.1) is 5.75 Å². The number of rotatable bonds is 5. The average Bonchev–Trinajstić information content (AvgIpc) is 3.03. The highest BCUT2D eigenvalue weighted by Crippen LogP contribution is 2.20. The Morgan fingerprint density at radius 2 is 1.91 bits per heavy atom. The highest BCUT2D eigenvalue weighted by atomic mass is 32.2. The van der Waals surface area contributed by atoms with Crippen LogP contribution in [0.5, 0.6) is 0 Å². The molecule has 3 rings (SSSR count). The average molecular weight is 325 g/mol. The lowest BCUT2D eigenvalue weighted by Gasteiger charge is -2.07. The molecule has 116 valence electrons. The Balaban J connectivity index is 1.64. The lowest BCUT2D eigenvalue weighted by molar-refractivity contribution is -0.113. The Kier molecular flexibility index (Phi) is 4.68. The molecule has 3 aromatic rings. The molecule has 23 heavy (non-hydrogen) atoms. The van der Waals surface area contributed by atoms with E-state index in [4.69, 9.17) is 0 Å². The fourth-order valence-corrected chi connectivity index (χ4v) is 2.70. The first kappa shape index (κ1) is 15.2. The predicted molar refractivity (Wildman–Crippen MR) is 89.7 cm³/mol. The SMILES string of the molecule is Cc1ccc(-n2cnnc2SCC(=O)Nc2ccncc2)cc1. The molecule has 0 atom stereocenters. The van der Waals surface area contributed by atoms with E-state index in [0.717, 1.165) is 11.4 Å². The summed E-state index contributed by atoms with van der Waals surface area (Å²) in [7, 11) is 0. The van der Waals surface area contributed by atoms with Gasteiger partial charge in [0.25, 0.3) is 0 Å². The standard InChI is InChI=1S/C16H15N5OS/c1-12-2-4-14(5-3-12)21-11-18-20-16(21)23-10-15(22)19-13-6-8-17-9-7-13/h2-9,11H,10H2,1H3,(H,17,19,22). The third-order valence-corrected chi connectivity index (χ3v) is 4.07. The van der Waals surface area contributed by atoms with Gasteiger partial charge in [-0.05, 0) is 31.2 Å². The van der Waals surface area contributed by atoms with Crippen molar-refractivity contribution in [2.75, 3.05) is 11.1 Å². The molecular formula is C16H15N5OS. The normalized spacial score (nSPS) is 10.5. The van der Waals surface area contributed by atoms with Crippen LogP contribution in [0, 0.1) is 6.92 Å². The van der Waals surface area contributed by atoms with Gasteiger partial charge in [-0.25, -0.2) is 0 Å². The van der Waals surface area contributed by atoms with E-state index in [0.29, 0.717) is 5.16 Å². The second-order valence-electron chi connectivity index (χ2n) is 4.89. The van der Waals surface area contributed by atoms with Crippen molar-refractivity contribution < 1.29 is 4.79 Å². The molecule has 0 aliphatic carbocycles. The first-order valence-electron chi connectivity index (χ1n) is 7.02. The highest BCUT2D eigenvalue weighted by molar-refractivity contribution is 7.99. The molecule has 0 saturated heterocycles. The summed E-state index contributed by atoms with van der Waals surface area (Å²) in [6.45, 7) is 2.04. The summed E-state index contributed by atoms with van der Waals surface area (Å²) in [5.74, 6) is 0.159. The molecule has 0 spiro atoms. The molecule has 0 saturated carbocycles. The van der Waals surface area contributed by atoms with Crippen molar-refractivity contribution in [2.45, 2.75) is 12.1 Å². The van der Waals surface area contributed by atoms with Gasteiger partial charge in [0.2, 0.25) is 5.91 Å². The lowest BCUT2D eigenvalue weighted by atomic mass is 10.2. The topological polar surface area (TPSA) is 72.7 Å². The van der Waals surface area contributed by atoms with Gasteiger partial charge >= 0.3 is 0 Å². The smallest absolute Gasteiger partial charge is 0.234 e. The Labute approximate surface area is 138 Å². The van der Waals surface area contributed by atoms with Crippen LogP contribution in [0.4, 0.5) is 5.69 Å². The van der Waals surface area contributed by atoms with Gasteiger partial charge in [0, 0.05) is 23.8 Å². The molecule has 0 fully saturated rings. The van der Waals surface area contributed by atoms with Gasteiger partial charge in [-0.2, -0.15) is 0 Å². The Morgan fingerprint density at radius 3 is 2.65 bits per heavy atom. The van der Waals surface area contributed by atoms with Crippen LogP contribution < -0.4 is 5.32 Å². The maximum atomic E-state index is 12.0. The van der Waals surface area contributed by atoms with E-state index in [-0.39, 0.29) is 11.7 Å². The summed E-state index contributed by atoms with van der Waals surface area (Å²) in [6.07, 6.45) is 4.92. The number of pyridine rings is 1. The maximum absolute atomic E-state index is 12.0. The second-order valence-corrected chi connectivity index (χ2v) is 5.83. The molecule has 0 aliphatic rings. The van der Waals surface area contributed by atoms with Crippen molar-refractivity contribution in [3.63, 3.8) is 0 Å². The molecule has 0 bridgehead atoms. The number of amides is 1. The number of nitrogens with zero attached hydrogens (tertiary/aromatic N) is 4. The van der Waals surface area contributed by atoms with E-state index < -0.39 is 0 Å². The van der Waals surface area contributed by atoms with Crippen LogP contribution in [0.3, 0.4) is 0 Å². The third-order valence-electron chi connectivity index (χ3n) is 3.13. The van der Waals surface area contributed by atoms with Gasteiger partial charge in [-0.15, -0.1) is 10.2 Å². The molecule has 0 radical (unpaired) electrons. The van der Waals surface area contributed by atoms with Crippen molar-refractivity contribution in [1.82, 2.24) is 19.7 Å². The van der Waals surface area contributed by atoms with Gasteiger partial charge in [-0.1, -0.05) is 29.5 Å². The zero-order valence-electron chi connectivity index (χ0n) is 12.5. The zero-order valence-corrected chi connectivity index (χ0v) is 13.3. The number of carbonyl (C=O) groups is 1. The summed E-state index contributed by atoms with van der Waals surface area (Å²) >= 11 is 1.34. The van der Waals surface area contributed by atoms with Gasteiger partial charge in [0.1, 0.15) is 6.33 Å². The number of benzene rings is 1. The minimum absolute atomic E-state index is 0.0975. The number of nitrogens with one attached hydrogen (secondary N) is 1. The second kappa shape index (κ2) is 7.06. The van der Waals surface area contributed by atoms with E-state index in [1.54, 1.807) is 30.9 Å². The van der Waals surface area contributed by atoms with Crippen LogP contribution in [0.2, 0.25) is 0 Å². The number of aromatic nitrogens is 4. The molecule has 1 aromatic carbocycles. The number of carbonyl (C=O) groups excluding carboxylic acids is 1. The monoisotopic (exact) mass is 325 g/mol. The minimum Gasteiger partial charge on any atom is -0.325 e. The summed E-state index contributed by atoms with van der Waals surface area (Å²) in [5, 5.41) is 11.5. The number of anilines is 1. The molecule has 6 nitrogen and oxygen atoms in total. The van der Waals surface area contributed by atoms with Gasteiger partial charge in [-0.3, -0.25) is 14.3 Å². The van der Waals surface area contributed by atoms with E-state index in [9.17, 15) is 4.79 Å². The van der Waals surface area contributed by atoms with Gasteiger partial charge < -0.3 is 5.32 Å². The first-order valence-corrected chi connectivity index (χ1v) is 8.01. The van der Waals surface area contributed by atoms with Crippen molar-refractivity contribution in [2.24, 2.45) is 0 Å². The summed E-state index contributed by atoms with van der Waals surface area (Å²) in [5.41, 5.74) is 2.89. The van der Waals surface area contributed by atoms with E-state index >= 15 is 0 Å². The maximum Gasteiger partial charge on any atom is 0.234 e. The lowest BCUT2D eigenvalue weighted by Crippen LogP contribution is -2.14. The van der Waals surface area contributed by atoms with Gasteiger partial charge in [0.15, 0.2) is 5.16 Å². The molecule has 0 aliphatic heterocycles. The molecule has 2 aromatic heterocycles. The van der Waals surface area contributed by atoms with Crippen molar-refractivity contribution in [3.8, 4) is 5.69 Å². The van der Waals surface area contributed by atoms with Crippen molar-refractivity contribution in [1.29, 1.82) is 0 Å². The number of hydrogen-bond donors (Lipinski definition) is 1. The fraction of sp³-hybridized carbons (Fsp3) is 0.125. The largest absolute Gasteiger partial charge is 0.325 e. The third kappa shape index (κ3) is 3.95. The Hall–Kier alpha value is -2.67. The minimum atomic E-state index is -0.0975. The molecule has 7 heteroatoms. The molecule has 0 unspecified atom stereocenters. The van der Waals surface area contributed by atoms with Crippen LogP contribution in [-0.4, -0.2) is 31.4 Å². The summed E-state index contributed by atoms with van der Waals surface area (Å²) < 4.78 is 1.86. The summed E-state index contributed by atoms with van der Waals surface area (Å²) in [4.78, 5) is 15.9. The van der Waals surface area contributed by atoms with E-state index in [1.807, 2.05) is 35.8 Å². The Morgan fingerprint density at radius 1 is 1.17 bits per heavy atom. The van der Waals surface area contributed by atoms with E-state index in [2.05, 4.69) is 20.5 Å². The van der Waals surface area contributed by atoms with Crippen molar-refractivity contribution in [3.05, 3.63) is 60.7 Å². The number of thioether (sulfide) groups is 1.